The minimum atomic E-state index is -0.556. The number of amides is 1. The van der Waals surface area contributed by atoms with Crippen molar-refractivity contribution in [2.75, 3.05) is 6.54 Å². The molecule has 4 nitrogen and oxygen atoms in total. The van der Waals surface area contributed by atoms with Crippen molar-refractivity contribution in [1.82, 2.24) is 10.3 Å². The number of hydrogen-bond acceptors (Lipinski definition) is 2. The molecule has 0 bridgehead atoms. The first-order valence-corrected chi connectivity index (χ1v) is 7.00. The van der Waals surface area contributed by atoms with Gasteiger partial charge in [0, 0.05) is 32.6 Å². The Bertz CT molecular complexity index is 593. The van der Waals surface area contributed by atoms with Crippen molar-refractivity contribution in [2.24, 2.45) is 0 Å². The molecule has 96 valence electrons. The van der Waals surface area contributed by atoms with E-state index in [4.69, 9.17) is 5.11 Å². The molecular weight excluding hydrogens is 364 g/mol. The van der Waals surface area contributed by atoms with Crippen molar-refractivity contribution in [3.8, 4) is 0 Å². The molecule has 0 aliphatic rings. The third-order valence-electron chi connectivity index (χ3n) is 2.53. The number of aliphatic hydroxyl groups is 1. The molecule has 1 heterocycles. The molecule has 1 atom stereocenters. The Morgan fingerprint density at radius 1 is 1.44 bits per heavy atom. The standard InChI is InChI=1S/C12H12Br2N2O2/c1-6(17)4-16-12(18)8-5-15-11-3-10(14)9(13)2-7(8)11/h2-3,5-6,15,17H,4H2,1H3,(H,16,18)/t6-/m1/s1. The van der Waals surface area contributed by atoms with Gasteiger partial charge in [0.1, 0.15) is 0 Å². The summed E-state index contributed by atoms with van der Waals surface area (Å²) >= 11 is 6.83. The molecule has 2 rings (SSSR count). The predicted molar refractivity (Wildman–Crippen MR) is 77.7 cm³/mol. The normalized spacial score (nSPS) is 12.7. The zero-order valence-electron chi connectivity index (χ0n) is 9.63. The Morgan fingerprint density at radius 2 is 2.11 bits per heavy atom. The fourth-order valence-electron chi connectivity index (χ4n) is 1.64. The smallest absolute Gasteiger partial charge is 0.253 e. The minimum Gasteiger partial charge on any atom is -0.392 e. The maximum atomic E-state index is 12.0. The van der Waals surface area contributed by atoms with Crippen LogP contribution in [0.5, 0.6) is 0 Å². The van der Waals surface area contributed by atoms with Gasteiger partial charge in [-0.25, -0.2) is 0 Å². The highest BCUT2D eigenvalue weighted by Crippen LogP contribution is 2.29. The SMILES string of the molecule is C[C@@H](O)CNC(=O)c1c[nH]c2cc(Br)c(Br)cc12. The highest BCUT2D eigenvalue weighted by Gasteiger charge is 2.13. The number of nitrogens with one attached hydrogen (secondary N) is 2. The van der Waals surface area contributed by atoms with E-state index in [9.17, 15) is 4.79 Å². The van der Waals surface area contributed by atoms with Gasteiger partial charge in [0.05, 0.1) is 11.7 Å². The maximum Gasteiger partial charge on any atom is 0.253 e. The summed E-state index contributed by atoms with van der Waals surface area (Å²) in [5.74, 6) is -0.198. The molecule has 0 fully saturated rings. The molecule has 1 aromatic heterocycles. The van der Waals surface area contributed by atoms with Crippen LogP contribution in [0, 0.1) is 0 Å². The van der Waals surface area contributed by atoms with Gasteiger partial charge >= 0.3 is 0 Å². The highest BCUT2D eigenvalue weighted by molar-refractivity contribution is 9.13. The molecule has 0 aliphatic carbocycles. The maximum absolute atomic E-state index is 12.0. The van der Waals surface area contributed by atoms with Gasteiger partial charge in [0.15, 0.2) is 0 Å². The molecule has 1 aromatic carbocycles. The van der Waals surface area contributed by atoms with Gasteiger partial charge in [-0.15, -0.1) is 0 Å². The van der Waals surface area contributed by atoms with E-state index in [0.29, 0.717) is 5.56 Å². The molecule has 6 heteroatoms. The molecule has 0 aliphatic heterocycles. The van der Waals surface area contributed by atoms with E-state index in [2.05, 4.69) is 42.2 Å². The van der Waals surface area contributed by atoms with Gasteiger partial charge in [-0.05, 0) is 50.9 Å². The van der Waals surface area contributed by atoms with Crippen molar-refractivity contribution in [3.63, 3.8) is 0 Å². The van der Waals surface area contributed by atoms with Crippen molar-refractivity contribution >= 4 is 48.7 Å². The number of fused-ring (bicyclic) bond motifs is 1. The van der Waals surface area contributed by atoms with E-state index in [1.54, 1.807) is 13.1 Å². The number of aromatic amines is 1. The topological polar surface area (TPSA) is 65.1 Å². The van der Waals surface area contributed by atoms with Gasteiger partial charge in [-0.3, -0.25) is 4.79 Å². The van der Waals surface area contributed by atoms with Crippen LogP contribution < -0.4 is 5.32 Å². The fourth-order valence-corrected chi connectivity index (χ4v) is 2.33. The number of halogens is 2. The first-order chi connectivity index (χ1) is 8.49. The summed E-state index contributed by atoms with van der Waals surface area (Å²) in [5, 5.41) is 12.7. The molecule has 1 amide bonds. The molecule has 18 heavy (non-hydrogen) atoms. The van der Waals surface area contributed by atoms with E-state index < -0.39 is 6.10 Å². The lowest BCUT2D eigenvalue weighted by molar-refractivity contribution is 0.0925. The third-order valence-corrected chi connectivity index (χ3v) is 4.37. The largest absolute Gasteiger partial charge is 0.392 e. The molecule has 2 aromatic rings. The quantitative estimate of drug-likeness (QED) is 0.772. The molecule has 3 N–H and O–H groups in total. The lowest BCUT2D eigenvalue weighted by Gasteiger charge is -2.06. The van der Waals surface area contributed by atoms with Crippen LogP contribution in [0.15, 0.2) is 27.3 Å². The summed E-state index contributed by atoms with van der Waals surface area (Å²) in [7, 11) is 0. The number of benzene rings is 1. The van der Waals surface area contributed by atoms with Gasteiger partial charge in [0.25, 0.3) is 5.91 Å². The number of carbonyl (C=O) groups excluding carboxylic acids is 1. The Morgan fingerprint density at radius 3 is 2.78 bits per heavy atom. The second kappa shape index (κ2) is 5.42. The first kappa shape index (κ1) is 13.6. The van der Waals surface area contributed by atoms with Crippen LogP contribution in [-0.4, -0.2) is 28.6 Å². The Balaban J connectivity index is 2.34. The van der Waals surface area contributed by atoms with E-state index in [1.165, 1.54) is 0 Å². The van der Waals surface area contributed by atoms with Crippen molar-refractivity contribution in [1.29, 1.82) is 0 Å². The van der Waals surface area contributed by atoms with E-state index in [1.807, 2.05) is 12.1 Å². The van der Waals surface area contributed by atoms with E-state index in [0.717, 1.165) is 19.8 Å². The van der Waals surface area contributed by atoms with Crippen molar-refractivity contribution < 1.29 is 9.90 Å². The highest BCUT2D eigenvalue weighted by atomic mass is 79.9. The number of rotatable bonds is 3. The Kier molecular flexibility index (Phi) is 4.09. The van der Waals surface area contributed by atoms with Crippen LogP contribution in [0.3, 0.4) is 0 Å². The average molecular weight is 376 g/mol. The third kappa shape index (κ3) is 2.76. The van der Waals surface area contributed by atoms with Gasteiger partial charge in [0.2, 0.25) is 0 Å². The van der Waals surface area contributed by atoms with Crippen molar-refractivity contribution in [2.45, 2.75) is 13.0 Å². The van der Waals surface area contributed by atoms with Crippen LogP contribution in [-0.2, 0) is 0 Å². The van der Waals surface area contributed by atoms with Crippen LogP contribution >= 0.6 is 31.9 Å². The average Bonchev–Trinajstić information content (AvgIpc) is 2.69. The minimum absolute atomic E-state index is 0.198. The fraction of sp³-hybridized carbons (Fsp3) is 0.250. The summed E-state index contributed by atoms with van der Waals surface area (Å²) in [6.07, 6.45) is 1.11. The second-order valence-corrected chi connectivity index (χ2v) is 5.78. The Hall–Kier alpha value is -0.850. The zero-order valence-corrected chi connectivity index (χ0v) is 12.8. The van der Waals surface area contributed by atoms with Gasteiger partial charge in [-0.2, -0.15) is 0 Å². The number of hydrogen-bond donors (Lipinski definition) is 3. The number of H-pyrrole nitrogens is 1. The first-order valence-electron chi connectivity index (χ1n) is 5.41. The molecule has 0 unspecified atom stereocenters. The van der Waals surface area contributed by atoms with Gasteiger partial charge in [-0.1, -0.05) is 0 Å². The lowest BCUT2D eigenvalue weighted by atomic mass is 10.1. The summed E-state index contributed by atoms with van der Waals surface area (Å²) < 4.78 is 1.81. The number of carbonyl (C=O) groups is 1. The van der Waals surface area contributed by atoms with E-state index in [-0.39, 0.29) is 12.5 Å². The molecule has 0 saturated carbocycles. The zero-order chi connectivity index (χ0) is 13.3. The van der Waals surface area contributed by atoms with Crippen LogP contribution in [0.25, 0.3) is 10.9 Å². The van der Waals surface area contributed by atoms with Crippen LogP contribution in [0.2, 0.25) is 0 Å². The summed E-state index contributed by atoms with van der Waals surface area (Å²) in [6, 6.07) is 3.79. The van der Waals surface area contributed by atoms with Crippen LogP contribution in [0.4, 0.5) is 0 Å². The molecule has 0 saturated heterocycles. The summed E-state index contributed by atoms with van der Waals surface area (Å²) in [5.41, 5.74) is 1.45. The summed E-state index contributed by atoms with van der Waals surface area (Å²) in [6.45, 7) is 1.87. The molecular formula is C12H12Br2N2O2. The number of aliphatic hydroxyl groups excluding tert-OH is 1. The van der Waals surface area contributed by atoms with Gasteiger partial charge < -0.3 is 15.4 Å². The Labute approximate surface area is 121 Å². The van der Waals surface area contributed by atoms with Crippen LogP contribution in [0.1, 0.15) is 17.3 Å². The van der Waals surface area contributed by atoms with E-state index >= 15 is 0 Å². The predicted octanol–water partition coefficient (Wildman–Crippen LogP) is 2.80. The number of aromatic nitrogens is 1. The lowest BCUT2D eigenvalue weighted by Crippen LogP contribution is -2.30. The molecule has 0 radical (unpaired) electrons. The molecule has 0 spiro atoms. The van der Waals surface area contributed by atoms with Crippen molar-refractivity contribution in [3.05, 3.63) is 32.8 Å². The monoisotopic (exact) mass is 374 g/mol. The summed E-state index contributed by atoms with van der Waals surface area (Å²) in [4.78, 5) is 15.0. The second-order valence-electron chi connectivity index (χ2n) is 4.07.